The summed E-state index contributed by atoms with van der Waals surface area (Å²) in [5, 5.41) is 11.9. The van der Waals surface area contributed by atoms with Crippen LogP contribution in [0, 0.1) is 10.1 Å². The Morgan fingerprint density at radius 2 is 1.96 bits per heavy atom. The summed E-state index contributed by atoms with van der Waals surface area (Å²) in [7, 11) is 1.30. The summed E-state index contributed by atoms with van der Waals surface area (Å²) in [6.45, 7) is 0.225. The fourth-order valence-electron chi connectivity index (χ4n) is 2.25. The number of esters is 1. The fourth-order valence-corrected chi connectivity index (χ4v) is 3.24. The van der Waals surface area contributed by atoms with Crippen LogP contribution in [0.4, 0.5) is 5.69 Å². The van der Waals surface area contributed by atoms with Gasteiger partial charge in [0.1, 0.15) is 11.5 Å². The number of benzene rings is 2. The van der Waals surface area contributed by atoms with Crippen molar-refractivity contribution in [1.29, 1.82) is 0 Å². The van der Waals surface area contributed by atoms with Crippen molar-refractivity contribution >= 4 is 33.1 Å². The molecule has 0 aliphatic heterocycles. The average molecular weight is 343 g/mol. The van der Waals surface area contributed by atoms with Gasteiger partial charge in [0.05, 0.1) is 12.0 Å². The first-order chi connectivity index (χ1) is 11.6. The van der Waals surface area contributed by atoms with E-state index in [2.05, 4.69) is 4.74 Å². The number of methoxy groups -OCH3 is 1. The maximum atomic E-state index is 11.6. The van der Waals surface area contributed by atoms with Crippen molar-refractivity contribution in [2.24, 2.45) is 0 Å². The predicted octanol–water partition coefficient (Wildman–Crippen LogP) is 4.18. The lowest BCUT2D eigenvalue weighted by Gasteiger charge is -2.07. The molecule has 0 bridgehead atoms. The summed E-state index contributed by atoms with van der Waals surface area (Å²) in [6, 6.07) is 14.0. The van der Waals surface area contributed by atoms with Crippen molar-refractivity contribution < 1.29 is 19.2 Å². The molecule has 2 aromatic carbocycles. The van der Waals surface area contributed by atoms with Gasteiger partial charge < -0.3 is 9.47 Å². The molecule has 6 nitrogen and oxygen atoms in total. The Hall–Kier alpha value is -2.93. The molecular formula is C17H13NO5S. The maximum absolute atomic E-state index is 11.6. The maximum Gasteiger partial charge on any atom is 0.348 e. The number of thiophene rings is 1. The van der Waals surface area contributed by atoms with Gasteiger partial charge in [-0.15, -0.1) is 11.3 Å². The highest BCUT2D eigenvalue weighted by Gasteiger charge is 2.20. The molecule has 0 aliphatic rings. The predicted molar refractivity (Wildman–Crippen MR) is 90.6 cm³/mol. The number of hydrogen-bond acceptors (Lipinski definition) is 6. The summed E-state index contributed by atoms with van der Waals surface area (Å²) in [6.07, 6.45) is 0. The average Bonchev–Trinajstić information content (AvgIpc) is 3.02. The Bertz CT molecular complexity index is 904. The molecule has 0 amide bonds. The first-order valence-electron chi connectivity index (χ1n) is 7.05. The van der Waals surface area contributed by atoms with Gasteiger partial charge in [0, 0.05) is 22.2 Å². The Labute approximate surface area is 141 Å². The molecule has 0 saturated heterocycles. The molecule has 3 aromatic rings. The standard InChI is InChI=1S/C17H13NO5S/c1-22-17(19)16-8-12-7-13(18(20)21)14(9-15(12)24-16)23-10-11-5-3-2-4-6-11/h2-9H,10H2,1H3. The van der Waals surface area contributed by atoms with Crippen molar-refractivity contribution in [3.05, 3.63) is 69.1 Å². The summed E-state index contributed by atoms with van der Waals surface area (Å²) in [4.78, 5) is 22.8. The molecule has 3 rings (SSSR count). The molecule has 0 aliphatic carbocycles. The lowest BCUT2D eigenvalue weighted by molar-refractivity contribution is -0.385. The number of nitro benzene ring substituents is 1. The van der Waals surface area contributed by atoms with Crippen LogP contribution in [0.25, 0.3) is 10.1 Å². The molecule has 0 saturated carbocycles. The molecule has 0 unspecified atom stereocenters. The molecule has 0 N–H and O–H groups in total. The zero-order valence-corrected chi connectivity index (χ0v) is 13.5. The minimum absolute atomic E-state index is 0.132. The first-order valence-corrected chi connectivity index (χ1v) is 7.87. The number of nitro groups is 1. The van der Waals surface area contributed by atoms with Crippen molar-refractivity contribution in [3.8, 4) is 5.75 Å². The minimum atomic E-state index is -0.491. The van der Waals surface area contributed by atoms with E-state index < -0.39 is 10.9 Å². The molecule has 1 heterocycles. The van der Waals surface area contributed by atoms with E-state index >= 15 is 0 Å². The molecule has 122 valence electrons. The molecule has 0 radical (unpaired) electrons. The van der Waals surface area contributed by atoms with Gasteiger partial charge >= 0.3 is 11.7 Å². The highest BCUT2D eigenvalue weighted by atomic mass is 32.1. The zero-order valence-electron chi connectivity index (χ0n) is 12.7. The smallest absolute Gasteiger partial charge is 0.348 e. The molecule has 0 atom stereocenters. The monoisotopic (exact) mass is 343 g/mol. The molecule has 24 heavy (non-hydrogen) atoms. The molecular weight excluding hydrogens is 330 g/mol. The van der Waals surface area contributed by atoms with Crippen LogP contribution in [0.3, 0.4) is 0 Å². The zero-order chi connectivity index (χ0) is 17.1. The SMILES string of the molecule is COC(=O)c1cc2cc([N+](=O)[O-])c(OCc3ccccc3)cc2s1. The van der Waals surface area contributed by atoms with Crippen LogP contribution in [0.1, 0.15) is 15.2 Å². The molecule has 0 spiro atoms. The van der Waals surface area contributed by atoms with Gasteiger partial charge in [-0.05, 0) is 11.6 Å². The van der Waals surface area contributed by atoms with Gasteiger partial charge in [-0.25, -0.2) is 4.79 Å². The van der Waals surface area contributed by atoms with Crippen LogP contribution < -0.4 is 4.74 Å². The third-order valence-electron chi connectivity index (χ3n) is 3.42. The normalized spacial score (nSPS) is 10.5. The van der Waals surface area contributed by atoms with Crippen LogP contribution in [0.15, 0.2) is 48.5 Å². The fraction of sp³-hybridized carbons (Fsp3) is 0.118. The van der Waals surface area contributed by atoms with E-state index in [0.717, 1.165) is 10.3 Å². The quantitative estimate of drug-likeness (QED) is 0.394. The van der Waals surface area contributed by atoms with E-state index in [1.807, 2.05) is 30.3 Å². The summed E-state index contributed by atoms with van der Waals surface area (Å²) in [5.41, 5.74) is 0.779. The second kappa shape index (κ2) is 6.67. The number of rotatable bonds is 5. The van der Waals surface area contributed by atoms with E-state index in [9.17, 15) is 14.9 Å². The topological polar surface area (TPSA) is 78.7 Å². The molecule has 7 heteroatoms. The highest BCUT2D eigenvalue weighted by Crippen LogP contribution is 2.37. The van der Waals surface area contributed by atoms with Gasteiger partial charge in [0.2, 0.25) is 0 Å². The molecule has 1 aromatic heterocycles. The number of ether oxygens (including phenoxy) is 2. The van der Waals surface area contributed by atoms with E-state index in [1.54, 1.807) is 12.1 Å². The van der Waals surface area contributed by atoms with Crippen molar-refractivity contribution in [3.63, 3.8) is 0 Å². The Morgan fingerprint density at radius 1 is 1.21 bits per heavy atom. The second-order valence-electron chi connectivity index (χ2n) is 4.99. The minimum Gasteiger partial charge on any atom is -0.482 e. The largest absolute Gasteiger partial charge is 0.482 e. The van der Waals surface area contributed by atoms with E-state index in [0.29, 0.717) is 10.3 Å². The van der Waals surface area contributed by atoms with Crippen LogP contribution in [0.2, 0.25) is 0 Å². The molecule has 0 fully saturated rings. The number of carbonyl (C=O) groups is 1. The highest BCUT2D eigenvalue weighted by molar-refractivity contribution is 7.20. The Morgan fingerprint density at radius 3 is 2.62 bits per heavy atom. The third-order valence-corrected chi connectivity index (χ3v) is 4.50. The van der Waals surface area contributed by atoms with Crippen molar-refractivity contribution in [2.75, 3.05) is 7.11 Å². The number of nitrogens with zero attached hydrogens (tertiary/aromatic N) is 1. The van der Waals surface area contributed by atoms with Crippen LogP contribution in [-0.4, -0.2) is 18.0 Å². The van der Waals surface area contributed by atoms with Gasteiger partial charge in [-0.3, -0.25) is 10.1 Å². The van der Waals surface area contributed by atoms with Crippen LogP contribution in [0.5, 0.6) is 5.75 Å². The summed E-state index contributed by atoms with van der Waals surface area (Å²) >= 11 is 1.21. The van der Waals surface area contributed by atoms with Crippen LogP contribution >= 0.6 is 11.3 Å². The summed E-state index contributed by atoms with van der Waals surface area (Å²) in [5.74, 6) is -0.291. The van der Waals surface area contributed by atoms with Crippen molar-refractivity contribution in [1.82, 2.24) is 0 Å². The summed E-state index contributed by atoms with van der Waals surface area (Å²) < 4.78 is 11.0. The van der Waals surface area contributed by atoms with E-state index in [1.165, 1.54) is 24.5 Å². The van der Waals surface area contributed by atoms with Crippen LogP contribution in [-0.2, 0) is 11.3 Å². The number of carbonyl (C=O) groups excluding carboxylic acids is 1. The van der Waals surface area contributed by atoms with Gasteiger partial charge in [-0.1, -0.05) is 30.3 Å². The number of fused-ring (bicyclic) bond motifs is 1. The van der Waals surface area contributed by atoms with E-state index in [-0.39, 0.29) is 18.0 Å². The Kier molecular flexibility index (Phi) is 4.43. The second-order valence-corrected chi connectivity index (χ2v) is 6.08. The first kappa shape index (κ1) is 15.9. The number of hydrogen-bond donors (Lipinski definition) is 0. The Balaban J connectivity index is 1.97. The lowest BCUT2D eigenvalue weighted by Crippen LogP contribution is -1.98. The van der Waals surface area contributed by atoms with Gasteiger partial charge in [-0.2, -0.15) is 0 Å². The van der Waals surface area contributed by atoms with Crippen molar-refractivity contribution in [2.45, 2.75) is 6.61 Å². The van der Waals surface area contributed by atoms with E-state index in [4.69, 9.17) is 4.74 Å². The van der Waals surface area contributed by atoms with Gasteiger partial charge in [0.15, 0.2) is 5.75 Å². The third kappa shape index (κ3) is 3.21. The lowest BCUT2D eigenvalue weighted by atomic mass is 10.2. The van der Waals surface area contributed by atoms with Gasteiger partial charge in [0.25, 0.3) is 0 Å².